The van der Waals surface area contributed by atoms with Crippen LogP contribution < -0.4 is 10.2 Å². The van der Waals surface area contributed by atoms with E-state index in [9.17, 15) is 14.0 Å². The lowest BCUT2D eigenvalue weighted by atomic mass is 10.2. The summed E-state index contributed by atoms with van der Waals surface area (Å²) < 4.78 is 13.8. The van der Waals surface area contributed by atoms with Crippen molar-refractivity contribution in [2.75, 3.05) is 36.4 Å². The lowest BCUT2D eigenvalue weighted by molar-refractivity contribution is -0.143. The molecule has 0 spiro atoms. The standard InChI is InChI=1S/C18H19FN4O2/c1-13-5-4-8-20-16(13)21-17(24)18(25)23-11-9-22(10-12-23)15-7-3-2-6-14(15)19/h2-8H,9-12H2,1H3,(H,20,21,24). The van der Waals surface area contributed by atoms with E-state index in [1.54, 1.807) is 43.5 Å². The number of piperazine rings is 1. The van der Waals surface area contributed by atoms with Gasteiger partial charge < -0.3 is 15.1 Å². The monoisotopic (exact) mass is 342 g/mol. The number of hydrogen-bond acceptors (Lipinski definition) is 4. The molecular weight excluding hydrogens is 323 g/mol. The Morgan fingerprint density at radius 1 is 1.08 bits per heavy atom. The number of benzene rings is 1. The molecule has 0 bridgehead atoms. The molecule has 1 aromatic heterocycles. The van der Waals surface area contributed by atoms with Crippen molar-refractivity contribution in [2.24, 2.45) is 0 Å². The van der Waals surface area contributed by atoms with Crippen LogP contribution in [0.25, 0.3) is 0 Å². The smallest absolute Gasteiger partial charge is 0.315 e. The minimum Gasteiger partial charge on any atom is -0.366 e. The first kappa shape index (κ1) is 16.9. The topological polar surface area (TPSA) is 65.5 Å². The number of anilines is 2. The van der Waals surface area contributed by atoms with E-state index in [-0.39, 0.29) is 5.82 Å². The van der Waals surface area contributed by atoms with Crippen LogP contribution in [-0.4, -0.2) is 47.9 Å². The van der Waals surface area contributed by atoms with Gasteiger partial charge in [-0.2, -0.15) is 0 Å². The molecule has 25 heavy (non-hydrogen) atoms. The van der Waals surface area contributed by atoms with Gasteiger partial charge in [0.25, 0.3) is 0 Å². The van der Waals surface area contributed by atoms with Crippen LogP contribution in [0.15, 0.2) is 42.6 Å². The summed E-state index contributed by atoms with van der Waals surface area (Å²) in [4.78, 5) is 31.9. The van der Waals surface area contributed by atoms with Gasteiger partial charge in [-0.05, 0) is 30.7 Å². The first-order chi connectivity index (χ1) is 12.1. The summed E-state index contributed by atoms with van der Waals surface area (Å²) in [5.74, 6) is -1.21. The molecule has 1 N–H and O–H groups in total. The Kier molecular flexibility index (Phi) is 4.92. The zero-order valence-corrected chi connectivity index (χ0v) is 13.9. The lowest BCUT2D eigenvalue weighted by Gasteiger charge is -2.35. The van der Waals surface area contributed by atoms with Crippen molar-refractivity contribution in [3.05, 3.63) is 54.0 Å². The number of rotatable bonds is 2. The van der Waals surface area contributed by atoms with Gasteiger partial charge in [-0.15, -0.1) is 0 Å². The van der Waals surface area contributed by atoms with Crippen LogP contribution in [0.4, 0.5) is 15.9 Å². The number of carbonyl (C=O) groups is 2. The fourth-order valence-electron chi connectivity index (χ4n) is 2.78. The van der Waals surface area contributed by atoms with Crippen LogP contribution in [0, 0.1) is 12.7 Å². The molecule has 1 aromatic carbocycles. The Morgan fingerprint density at radius 2 is 1.80 bits per heavy atom. The van der Waals surface area contributed by atoms with Crippen molar-refractivity contribution in [1.29, 1.82) is 0 Å². The Morgan fingerprint density at radius 3 is 2.48 bits per heavy atom. The fraction of sp³-hybridized carbons (Fsp3) is 0.278. The molecule has 0 radical (unpaired) electrons. The quantitative estimate of drug-likeness (QED) is 0.846. The third-order valence-electron chi connectivity index (χ3n) is 4.20. The highest BCUT2D eigenvalue weighted by atomic mass is 19.1. The van der Waals surface area contributed by atoms with Crippen LogP contribution in [-0.2, 0) is 9.59 Å². The zero-order valence-electron chi connectivity index (χ0n) is 13.9. The highest BCUT2D eigenvalue weighted by molar-refractivity contribution is 6.39. The predicted molar refractivity (Wildman–Crippen MR) is 92.8 cm³/mol. The summed E-state index contributed by atoms with van der Waals surface area (Å²) in [6, 6.07) is 10.1. The third-order valence-corrected chi connectivity index (χ3v) is 4.20. The van der Waals surface area contributed by atoms with Gasteiger partial charge in [-0.3, -0.25) is 9.59 Å². The number of hydrogen-bond donors (Lipinski definition) is 1. The molecule has 1 saturated heterocycles. The second kappa shape index (κ2) is 7.29. The summed E-state index contributed by atoms with van der Waals surface area (Å²) in [6.07, 6.45) is 1.56. The van der Waals surface area contributed by atoms with Crippen molar-refractivity contribution in [3.63, 3.8) is 0 Å². The summed E-state index contributed by atoms with van der Waals surface area (Å²) in [6.45, 7) is 3.48. The van der Waals surface area contributed by atoms with Gasteiger partial charge in [-0.25, -0.2) is 9.37 Å². The molecule has 7 heteroatoms. The van der Waals surface area contributed by atoms with Crippen LogP contribution in [0.5, 0.6) is 0 Å². The highest BCUT2D eigenvalue weighted by Crippen LogP contribution is 2.20. The molecule has 2 amide bonds. The maximum absolute atomic E-state index is 13.8. The summed E-state index contributed by atoms with van der Waals surface area (Å²) in [5, 5.41) is 2.54. The fourth-order valence-corrected chi connectivity index (χ4v) is 2.78. The van der Waals surface area contributed by atoms with Crippen molar-refractivity contribution in [1.82, 2.24) is 9.88 Å². The normalized spacial score (nSPS) is 14.3. The van der Waals surface area contributed by atoms with E-state index in [4.69, 9.17) is 0 Å². The highest BCUT2D eigenvalue weighted by Gasteiger charge is 2.27. The average Bonchev–Trinajstić information content (AvgIpc) is 2.63. The van der Waals surface area contributed by atoms with E-state index >= 15 is 0 Å². The van der Waals surface area contributed by atoms with Gasteiger partial charge in [0, 0.05) is 32.4 Å². The second-order valence-corrected chi connectivity index (χ2v) is 5.85. The molecule has 0 atom stereocenters. The molecule has 2 heterocycles. The van der Waals surface area contributed by atoms with Crippen molar-refractivity contribution < 1.29 is 14.0 Å². The summed E-state index contributed by atoms with van der Waals surface area (Å²) >= 11 is 0. The Labute approximate surface area is 145 Å². The minimum atomic E-state index is -0.707. The van der Waals surface area contributed by atoms with E-state index in [1.807, 2.05) is 4.90 Å². The van der Waals surface area contributed by atoms with E-state index in [0.717, 1.165) is 5.56 Å². The van der Waals surface area contributed by atoms with E-state index in [1.165, 1.54) is 11.0 Å². The molecule has 1 aliphatic rings. The first-order valence-electron chi connectivity index (χ1n) is 8.07. The average molecular weight is 342 g/mol. The maximum atomic E-state index is 13.8. The molecule has 3 rings (SSSR count). The van der Waals surface area contributed by atoms with Gasteiger partial charge in [0.1, 0.15) is 11.6 Å². The molecular formula is C18H19FN4O2. The number of amides is 2. The van der Waals surface area contributed by atoms with E-state index in [0.29, 0.717) is 37.7 Å². The van der Waals surface area contributed by atoms with Gasteiger partial charge in [0.15, 0.2) is 0 Å². The van der Waals surface area contributed by atoms with Gasteiger partial charge in [-0.1, -0.05) is 18.2 Å². The lowest BCUT2D eigenvalue weighted by Crippen LogP contribution is -2.51. The molecule has 130 valence electrons. The minimum absolute atomic E-state index is 0.286. The molecule has 0 unspecified atom stereocenters. The third kappa shape index (κ3) is 3.76. The van der Waals surface area contributed by atoms with Crippen molar-refractivity contribution in [3.8, 4) is 0 Å². The Balaban J connectivity index is 1.59. The maximum Gasteiger partial charge on any atom is 0.315 e. The van der Waals surface area contributed by atoms with Crippen molar-refractivity contribution in [2.45, 2.75) is 6.92 Å². The molecule has 1 aliphatic heterocycles. The van der Waals surface area contributed by atoms with Gasteiger partial charge in [0.05, 0.1) is 5.69 Å². The van der Waals surface area contributed by atoms with Crippen LogP contribution >= 0.6 is 0 Å². The van der Waals surface area contributed by atoms with Crippen LogP contribution in [0.1, 0.15) is 5.56 Å². The van der Waals surface area contributed by atoms with E-state index < -0.39 is 11.8 Å². The Hall–Kier alpha value is -2.96. The summed E-state index contributed by atoms with van der Waals surface area (Å²) in [5.41, 5.74) is 1.30. The molecule has 0 aliphatic carbocycles. The number of halogens is 1. The number of para-hydroxylation sites is 1. The second-order valence-electron chi connectivity index (χ2n) is 5.85. The van der Waals surface area contributed by atoms with Gasteiger partial charge >= 0.3 is 11.8 Å². The largest absolute Gasteiger partial charge is 0.366 e. The molecule has 1 fully saturated rings. The van der Waals surface area contributed by atoms with Crippen molar-refractivity contribution >= 4 is 23.3 Å². The molecule has 6 nitrogen and oxygen atoms in total. The number of aromatic nitrogens is 1. The summed E-state index contributed by atoms with van der Waals surface area (Å²) in [7, 11) is 0. The number of nitrogens with one attached hydrogen (secondary N) is 1. The number of carbonyl (C=O) groups excluding carboxylic acids is 2. The first-order valence-corrected chi connectivity index (χ1v) is 8.07. The number of nitrogens with zero attached hydrogens (tertiary/aromatic N) is 3. The predicted octanol–water partition coefficient (Wildman–Crippen LogP) is 1.82. The van der Waals surface area contributed by atoms with Crippen LogP contribution in [0.3, 0.4) is 0 Å². The number of pyridine rings is 1. The number of aryl methyl sites for hydroxylation is 1. The molecule has 0 saturated carbocycles. The zero-order chi connectivity index (χ0) is 17.8. The Bertz CT molecular complexity index is 788. The van der Waals surface area contributed by atoms with E-state index in [2.05, 4.69) is 10.3 Å². The van der Waals surface area contributed by atoms with Gasteiger partial charge in [0.2, 0.25) is 0 Å². The SMILES string of the molecule is Cc1cccnc1NC(=O)C(=O)N1CCN(c2ccccc2F)CC1. The molecule has 2 aromatic rings. The van der Waals surface area contributed by atoms with Crippen LogP contribution in [0.2, 0.25) is 0 Å².